The predicted octanol–water partition coefficient (Wildman–Crippen LogP) is 2.48. The Hall–Kier alpha value is -3.29. The van der Waals surface area contributed by atoms with E-state index in [0.717, 1.165) is 16.9 Å². The van der Waals surface area contributed by atoms with Gasteiger partial charge in [0.05, 0.1) is 19.1 Å². The Morgan fingerprint density at radius 1 is 1.12 bits per heavy atom. The number of hydrogen-bond acceptors (Lipinski definition) is 5. The fourth-order valence-electron chi connectivity index (χ4n) is 2.36. The van der Waals surface area contributed by atoms with Crippen molar-refractivity contribution in [3.05, 3.63) is 63.7 Å². The average Bonchev–Trinajstić information content (AvgIpc) is 2.68. The molecule has 2 aromatic rings. The van der Waals surface area contributed by atoms with Crippen LogP contribution >= 0.6 is 0 Å². The van der Waals surface area contributed by atoms with Gasteiger partial charge in [0.15, 0.2) is 5.96 Å². The van der Waals surface area contributed by atoms with Gasteiger partial charge in [-0.1, -0.05) is 12.1 Å². The van der Waals surface area contributed by atoms with Crippen LogP contribution in [0.3, 0.4) is 0 Å². The first-order valence-electron chi connectivity index (χ1n) is 7.96. The van der Waals surface area contributed by atoms with Crippen LogP contribution in [0.1, 0.15) is 11.1 Å². The third-order valence-electron chi connectivity index (χ3n) is 3.75. The molecule has 2 aromatic carbocycles. The third-order valence-corrected chi connectivity index (χ3v) is 3.75. The summed E-state index contributed by atoms with van der Waals surface area (Å²) in [4.78, 5) is 14.6. The highest BCUT2D eigenvalue weighted by Crippen LogP contribution is 2.24. The van der Waals surface area contributed by atoms with Crippen molar-refractivity contribution in [3.8, 4) is 11.5 Å². The average molecular weight is 358 g/mol. The van der Waals surface area contributed by atoms with E-state index < -0.39 is 4.92 Å². The lowest BCUT2D eigenvalue weighted by Gasteiger charge is -2.14. The Morgan fingerprint density at radius 3 is 2.54 bits per heavy atom. The summed E-state index contributed by atoms with van der Waals surface area (Å²) >= 11 is 0. The molecule has 0 aliphatic rings. The predicted molar refractivity (Wildman–Crippen MR) is 99.7 cm³/mol. The lowest BCUT2D eigenvalue weighted by atomic mass is 10.2. The summed E-state index contributed by atoms with van der Waals surface area (Å²) in [5, 5.41) is 17.2. The number of benzene rings is 2. The molecule has 2 rings (SSSR count). The first-order valence-corrected chi connectivity index (χ1v) is 7.96. The number of ether oxygens (including phenoxy) is 2. The maximum Gasteiger partial charge on any atom is 0.269 e. The van der Waals surface area contributed by atoms with Crippen LogP contribution in [0.2, 0.25) is 0 Å². The molecule has 0 saturated heterocycles. The summed E-state index contributed by atoms with van der Waals surface area (Å²) in [5.41, 5.74) is 1.81. The van der Waals surface area contributed by atoms with Crippen molar-refractivity contribution in [2.75, 3.05) is 21.3 Å². The summed E-state index contributed by atoms with van der Waals surface area (Å²) in [5.74, 6) is 2.01. The smallest absolute Gasteiger partial charge is 0.269 e. The highest BCUT2D eigenvalue weighted by atomic mass is 16.6. The summed E-state index contributed by atoms with van der Waals surface area (Å²) in [6.45, 7) is 0.920. The Labute approximate surface area is 152 Å². The molecule has 0 amide bonds. The number of aliphatic imine (C=N–C) groups is 1. The lowest BCUT2D eigenvalue weighted by molar-refractivity contribution is -0.384. The van der Waals surface area contributed by atoms with Gasteiger partial charge in [-0.25, -0.2) is 0 Å². The van der Waals surface area contributed by atoms with E-state index in [1.54, 1.807) is 27.3 Å². The summed E-state index contributed by atoms with van der Waals surface area (Å²) in [7, 11) is 4.87. The second kappa shape index (κ2) is 9.26. The van der Waals surface area contributed by atoms with E-state index in [9.17, 15) is 10.1 Å². The molecule has 26 heavy (non-hydrogen) atoms. The number of rotatable bonds is 7. The Kier molecular flexibility index (Phi) is 6.78. The molecule has 2 N–H and O–H groups in total. The van der Waals surface area contributed by atoms with E-state index in [1.165, 1.54) is 12.1 Å². The Balaban J connectivity index is 1.96. The van der Waals surface area contributed by atoms with Gasteiger partial charge in [0.1, 0.15) is 11.5 Å². The van der Waals surface area contributed by atoms with E-state index >= 15 is 0 Å². The van der Waals surface area contributed by atoms with Crippen LogP contribution < -0.4 is 20.1 Å². The molecule has 138 valence electrons. The first-order chi connectivity index (χ1) is 12.6. The molecule has 0 fully saturated rings. The number of methoxy groups -OCH3 is 2. The Bertz CT molecular complexity index is 793. The maximum absolute atomic E-state index is 10.8. The monoisotopic (exact) mass is 358 g/mol. The topological polar surface area (TPSA) is 98.0 Å². The van der Waals surface area contributed by atoms with Crippen LogP contribution in [-0.4, -0.2) is 32.2 Å². The number of non-ortho nitro benzene ring substituents is 1. The minimum absolute atomic E-state index is 0.0650. The number of hydrogen-bond donors (Lipinski definition) is 2. The van der Waals surface area contributed by atoms with E-state index in [4.69, 9.17) is 9.47 Å². The van der Waals surface area contributed by atoms with Gasteiger partial charge in [0.2, 0.25) is 0 Å². The van der Waals surface area contributed by atoms with Crippen LogP contribution in [0.4, 0.5) is 5.69 Å². The normalized spacial score (nSPS) is 11.0. The fraction of sp³-hybridized carbons (Fsp3) is 0.278. The molecule has 0 bridgehead atoms. The second-order valence-electron chi connectivity index (χ2n) is 5.38. The zero-order chi connectivity index (χ0) is 18.9. The lowest BCUT2D eigenvalue weighted by Crippen LogP contribution is -2.36. The van der Waals surface area contributed by atoms with Crippen molar-refractivity contribution >= 4 is 11.6 Å². The standard InChI is InChI=1S/C18H22N4O4/c1-19-18(20-11-13-5-4-6-15(9-13)22(23)24)21-12-14-7-8-16(25-2)10-17(14)26-3/h4-10H,11-12H2,1-3H3,(H2,19,20,21). The van der Waals surface area contributed by atoms with Gasteiger partial charge in [0.25, 0.3) is 5.69 Å². The van der Waals surface area contributed by atoms with Gasteiger partial charge in [-0.05, 0) is 17.7 Å². The Morgan fingerprint density at radius 2 is 1.88 bits per heavy atom. The van der Waals surface area contributed by atoms with Crippen molar-refractivity contribution in [1.29, 1.82) is 0 Å². The van der Waals surface area contributed by atoms with Gasteiger partial charge in [-0.2, -0.15) is 0 Å². The van der Waals surface area contributed by atoms with Crippen LogP contribution in [0.25, 0.3) is 0 Å². The molecule has 0 spiro atoms. The summed E-state index contributed by atoms with van der Waals surface area (Å²) in [6.07, 6.45) is 0. The molecule has 0 heterocycles. The fourth-order valence-corrected chi connectivity index (χ4v) is 2.36. The summed E-state index contributed by atoms with van der Waals surface area (Å²) < 4.78 is 10.6. The third kappa shape index (κ3) is 5.10. The first kappa shape index (κ1) is 19.0. The van der Waals surface area contributed by atoms with Crippen LogP contribution in [0, 0.1) is 10.1 Å². The van der Waals surface area contributed by atoms with Crippen molar-refractivity contribution in [1.82, 2.24) is 10.6 Å². The maximum atomic E-state index is 10.8. The van der Waals surface area contributed by atoms with Crippen LogP contribution in [-0.2, 0) is 13.1 Å². The van der Waals surface area contributed by atoms with E-state index in [2.05, 4.69) is 15.6 Å². The minimum Gasteiger partial charge on any atom is -0.497 e. The molecule has 8 heteroatoms. The van der Waals surface area contributed by atoms with Gasteiger partial charge >= 0.3 is 0 Å². The molecular weight excluding hydrogens is 336 g/mol. The molecule has 0 aliphatic carbocycles. The van der Waals surface area contributed by atoms with Gasteiger partial charge < -0.3 is 20.1 Å². The number of nitro groups is 1. The van der Waals surface area contributed by atoms with Gasteiger partial charge in [-0.15, -0.1) is 0 Å². The molecular formula is C18H22N4O4. The highest BCUT2D eigenvalue weighted by Gasteiger charge is 2.08. The van der Waals surface area contributed by atoms with Crippen LogP contribution in [0.15, 0.2) is 47.5 Å². The van der Waals surface area contributed by atoms with Crippen molar-refractivity contribution in [2.24, 2.45) is 4.99 Å². The highest BCUT2D eigenvalue weighted by molar-refractivity contribution is 5.79. The molecule has 0 aliphatic heterocycles. The van der Waals surface area contributed by atoms with Crippen molar-refractivity contribution < 1.29 is 14.4 Å². The van der Waals surface area contributed by atoms with Crippen LogP contribution in [0.5, 0.6) is 11.5 Å². The van der Waals surface area contributed by atoms with E-state index in [1.807, 2.05) is 24.3 Å². The largest absolute Gasteiger partial charge is 0.497 e. The minimum atomic E-state index is -0.410. The number of guanidine groups is 1. The molecule has 8 nitrogen and oxygen atoms in total. The quantitative estimate of drug-likeness (QED) is 0.341. The molecule has 0 aromatic heterocycles. The zero-order valence-electron chi connectivity index (χ0n) is 15.0. The number of nitrogens with one attached hydrogen (secondary N) is 2. The van der Waals surface area contributed by atoms with Crippen molar-refractivity contribution in [2.45, 2.75) is 13.1 Å². The van der Waals surface area contributed by atoms with E-state index in [-0.39, 0.29) is 5.69 Å². The molecule has 0 saturated carbocycles. The van der Waals surface area contributed by atoms with Gasteiger partial charge in [0, 0.05) is 43.9 Å². The molecule has 0 radical (unpaired) electrons. The second-order valence-corrected chi connectivity index (χ2v) is 5.38. The number of nitro benzene ring substituents is 1. The van der Waals surface area contributed by atoms with Gasteiger partial charge in [-0.3, -0.25) is 15.1 Å². The van der Waals surface area contributed by atoms with Crippen molar-refractivity contribution in [3.63, 3.8) is 0 Å². The summed E-state index contributed by atoms with van der Waals surface area (Å²) in [6, 6.07) is 12.1. The zero-order valence-corrected chi connectivity index (χ0v) is 15.0. The SMILES string of the molecule is CN=C(NCc1cccc([N+](=O)[O-])c1)NCc1ccc(OC)cc1OC. The molecule has 0 unspecified atom stereocenters. The molecule has 0 atom stereocenters. The number of nitrogens with zero attached hydrogens (tertiary/aromatic N) is 2. The van der Waals surface area contributed by atoms with E-state index in [0.29, 0.717) is 24.8 Å².